The fourth-order valence-electron chi connectivity index (χ4n) is 3.82. The van der Waals surface area contributed by atoms with Gasteiger partial charge in [-0.15, -0.1) is 0 Å². The Hall–Kier alpha value is -1.96. The van der Waals surface area contributed by atoms with Crippen LogP contribution in [0, 0.1) is 0 Å². The Morgan fingerprint density at radius 1 is 0.773 bits per heavy atom. The predicted octanol–water partition coefficient (Wildman–Crippen LogP) is 4.95. The van der Waals surface area contributed by atoms with E-state index in [9.17, 15) is 0 Å². The zero-order valence-electron chi connectivity index (χ0n) is 13.5. The molecule has 0 spiro atoms. The van der Waals surface area contributed by atoms with Crippen LogP contribution in [-0.2, 0) is 5.41 Å². The van der Waals surface area contributed by atoms with Crippen LogP contribution in [0.25, 0.3) is 0 Å². The van der Waals surface area contributed by atoms with Gasteiger partial charge in [-0.05, 0) is 36.6 Å². The van der Waals surface area contributed by atoms with Crippen molar-refractivity contribution >= 4 is 0 Å². The number of hydrogen-bond acceptors (Lipinski definition) is 2. The lowest BCUT2D eigenvalue weighted by Crippen LogP contribution is -2.31. The summed E-state index contributed by atoms with van der Waals surface area (Å²) in [5.74, 6) is 1.91. The summed E-state index contributed by atoms with van der Waals surface area (Å²) < 4.78 is 11.0. The van der Waals surface area contributed by atoms with Gasteiger partial charge in [-0.25, -0.2) is 0 Å². The van der Waals surface area contributed by atoms with Crippen molar-refractivity contribution in [3.05, 3.63) is 59.7 Å². The first-order valence-electron chi connectivity index (χ1n) is 8.08. The van der Waals surface area contributed by atoms with Crippen molar-refractivity contribution in [2.75, 3.05) is 14.2 Å². The molecule has 2 aromatic carbocycles. The van der Waals surface area contributed by atoms with E-state index in [0.717, 1.165) is 11.5 Å². The highest BCUT2D eigenvalue weighted by molar-refractivity contribution is 5.48. The van der Waals surface area contributed by atoms with Gasteiger partial charge in [-0.2, -0.15) is 0 Å². The second-order valence-corrected chi connectivity index (χ2v) is 6.07. The SMILES string of the molecule is COc1ccc(C2(c3ccccc3OC)CCCCC2)cc1. The summed E-state index contributed by atoms with van der Waals surface area (Å²) in [6, 6.07) is 17.1. The van der Waals surface area contributed by atoms with Crippen molar-refractivity contribution in [2.24, 2.45) is 0 Å². The molecule has 2 nitrogen and oxygen atoms in total. The molecule has 0 N–H and O–H groups in total. The van der Waals surface area contributed by atoms with Crippen molar-refractivity contribution < 1.29 is 9.47 Å². The molecule has 0 atom stereocenters. The zero-order chi connectivity index (χ0) is 15.4. The van der Waals surface area contributed by atoms with Crippen LogP contribution in [0.15, 0.2) is 48.5 Å². The first-order chi connectivity index (χ1) is 10.8. The summed E-state index contributed by atoms with van der Waals surface area (Å²) in [6.07, 6.45) is 6.22. The minimum atomic E-state index is 0.0666. The topological polar surface area (TPSA) is 18.5 Å². The van der Waals surface area contributed by atoms with E-state index in [1.807, 2.05) is 6.07 Å². The number of ether oxygens (including phenoxy) is 2. The van der Waals surface area contributed by atoms with Crippen LogP contribution in [0.3, 0.4) is 0 Å². The maximum absolute atomic E-state index is 5.67. The van der Waals surface area contributed by atoms with Gasteiger partial charge in [0.25, 0.3) is 0 Å². The van der Waals surface area contributed by atoms with Crippen molar-refractivity contribution in [3.8, 4) is 11.5 Å². The lowest BCUT2D eigenvalue weighted by Gasteiger charge is -2.39. The van der Waals surface area contributed by atoms with Crippen LogP contribution in [-0.4, -0.2) is 14.2 Å². The molecular formula is C20H24O2. The third-order valence-corrected chi connectivity index (χ3v) is 4.97. The van der Waals surface area contributed by atoms with E-state index >= 15 is 0 Å². The van der Waals surface area contributed by atoms with Crippen molar-refractivity contribution in [1.29, 1.82) is 0 Å². The van der Waals surface area contributed by atoms with Gasteiger partial charge < -0.3 is 9.47 Å². The van der Waals surface area contributed by atoms with Gasteiger partial charge in [0.1, 0.15) is 11.5 Å². The minimum absolute atomic E-state index is 0.0666. The molecule has 2 aromatic rings. The Labute approximate surface area is 133 Å². The van der Waals surface area contributed by atoms with Gasteiger partial charge in [0, 0.05) is 11.0 Å². The Morgan fingerprint density at radius 2 is 1.45 bits per heavy atom. The van der Waals surface area contributed by atoms with E-state index < -0.39 is 0 Å². The largest absolute Gasteiger partial charge is 0.497 e. The summed E-state index contributed by atoms with van der Waals surface area (Å²) in [5, 5.41) is 0. The van der Waals surface area contributed by atoms with Gasteiger partial charge in [-0.1, -0.05) is 49.6 Å². The number of benzene rings is 2. The van der Waals surface area contributed by atoms with Crippen LogP contribution in [0.5, 0.6) is 11.5 Å². The molecule has 116 valence electrons. The van der Waals surface area contributed by atoms with Gasteiger partial charge in [0.2, 0.25) is 0 Å². The maximum atomic E-state index is 5.67. The summed E-state index contributed by atoms with van der Waals surface area (Å²) in [6.45, 7) is 0. The lowest BCUT2D eigenvalue weighted by atomic mass is 9.65. The summed E-state index contributed by atoms with van der Waals surface area (Å²) in [5.41, 5.74) is 2.76. The van der Waals surface area contributed by atoms with E-state index in [0.29, 0.717) is 0 Å². The Bertz CT molecular complexity index is 610. The monoisotopic (exact) mass is 296 g/mol. The molecule has 22 heavy (non-hydrogen) atoms. The van der Waals surface area contributed by atoms with E-state index in [2.05, 4.69) is 42.5 Å². The third-order valence-electron chi connectivity index (χ3n) is 4.97. The summed E-state index contributed by atoms with van der Waals surface area (Å²) >= 11 is 0. The molecule has 1 aliphatic rings. The molecule has 0 radical (unpaired) electrons. The zero-order valence-corrected chi connectivity index (χ0v) is 13.5. The second kappa shape index (κ2) is 6.43. The molecule has 0 amide bonds. The van der Waals surface area contributed by atoms with Crippen molar-refractivity contribution in [1.82, 2.24) is 0 Å². The van der Waals surface area contributed by atoms with Crippen LogP contribution >= 0.6 is 0 Å². The van der Waals surface area contributed by atoms with Gasteiger partial charge >= 0.3 is 0 Å². The molecule has 0 heterocycles. The highest BCUT2D eigenvalue weighted by atomic mass is 16.5. The normalized spacial score (nSPS) is 17.0. The first kappa shape index (κ1) is 15.0. The van der Waals surface area contributed by atoms with Gasteiger partial charge in [-0.3, -0.25) is 0 Å². The number of para-hydroxylation sites is 1. The summed E-state index contributed by atoms with van der Waals surface area (Å²) in [7, 11) is 3.48. The van der Waals surface area contributed by atoms with Crippen LogP contribution in [0.4, 0.5) is 0 Å². The highest BCUT2D eigenvalue weighted by Gasteiger charge is 2.37. The lowest BCUT2D eigenvalue weighted by molar-refractivity contribution is 0.326. The first-order valence-corrected chi connectivity index (χ1v) is 8.08. The predicted molar refractivity (Wildman–Crippen MR) is 89.9 cm³/mol. The Balaban J connectivity index is 2.11. The number of hydrogen-bond donors (Lipinski definition) is 0. The van der Waals surface area contributed by atoms with Crippen LogP contribution < -0.4 is 9.47 Å². The molecule has 0 saturated heterocycles. The van der Waals surface area contributed by atoms with Crippen molar-refractivity contribution in [2.45, 2.75) is 37.5 Å². The van der Waals surface area contributed by atoms with E-state index in [4.69, 9.17) is 9.47 Å². The molecule has 0 aliphatic heterocycles. The fourth-order valence-corrected chi connectivity index (χ4v) is 3.82. The molecular weight excluding hydrogens is 272 g/mol. The molecule has 0 unspecified atom stereocenters. The minimum Gasteiger partial charge on any atom is -0.497 e. The standard InChI is InChI=1S/C20H24O2/c1-21-17-12-10-16(11-13-17)20(14-6-3-7-15-20)18-8-4-5-9-19(18)22-2/h4-5,8-13H,3,6-7,14-15H2,1-2H3. The van der Waals surface area contributed by atoms with Gasteiger partial charge in [0.15, 0.2) is 0 Å². The smallest absolute Gasteiger partial charge is 0.122 e. The van der Waals surface area contributed by atoms with E-state index in [1.54, 1.807) is 14.2 Å². The molecule has 1 saturated carbocycles. The van der Waals surface area contributed by atoms with E-state index in [-0.39, 0.29) is 5.41 Å². The number of rotatable bonds is 4. The van der Waals surface area contributed by atoms with Gasteiger partial charge in [0.05, 0.1) is 14.2 Å². The van der Waals surface area contributed by atoms with E-state index in [1.165, 1.54) is 43.2 Å². The van der Waals surface area contributed by atoms with Crippen LogP contribution in [0.1, 0.15) is 43.2 Å². The molecule has 2 heteroatoms. The average molecular weight is 296 g/mol. The number of methoxy groups -OCH3 is 2. The molecule has 1 aliphatic carbocycles. The maximum Gasteiger partial charge on any atom is 0.122 e. The second-order valence-electron chi connectivity index (χ2n) is 6.07. The molecule has 3 rings (SSSR count). The Kier molecular flexibility index (Phi) is 4.37. The van der Waals surface area contributed by atoms with Crippen LogP contribution in [0.2, 0.25) is 0 Å². The third kappa shape index (κ3) is 2.58. The Morgan fingerprint density at radius 3 is 2.09 bits per heavy atom. The molecule has 0 bridgehead atoms. The fraction of sp³-hybridized carbons (Fsp3) is 0.400. The average Bonchev–Trinajstić information content (AvgIpc) is 2.62. The van der Waals surface area contributed by atoms with Crippen molar-refractivity contribution in [3.63, 3.8) is 0 Å². The molecule has 1 fully saturated rings. The summed E-state index contributed by atoms with van der Waals surface area (Å²) in [4.78, 5) is 0. The highest BCUT2D eigenvalue weighted by Crippen LogP contribution is 2.48. The quantitative estimate of drug-likeness (QED) is 0.794. The molecule has 0 aromatic heterocycles.